The summed E-state index contributed by atoms with van der Waals surface area (Å²) in [6.45, 7) is 7.92. The fourth-order valence-electron chi connectivity index (χ4n) is 3.88. The van der Waals surface area contributed by atoms with E-state index in [1.54, 1.807) is 0 Å². The van der Waals surface area contributed by atoms with Crippen molar-refractivity contribution < 1.29 is 14.5 Å². The molecular formula is C27H26N4O4. The Kier molecular flexibility index (Phi) is 7.31. The molecule has 0 bridgehead atoms. The SMILES string of the molecule is Cc1cc(C(C)C)cc(C)c1NC(=O)c1cccc(N(C)C(=O)c2ccc(C#N)cc2)c1[N+](=O)[O-]. The van der Waals surface area contributed by atoms with Crippen molar-refractivity contribution in [3.05, 3.63) is 98.1 Å². The Hall–Kier alpha value is -4.51. The van der Waals surface area contributed by atoms with Gasteiger partial charge in [-0.25, -0.2) is 0 Å². The summed E-state index contributed by atoms with van der Waals surface area (Å²) in [7, 11) is 1.41. The van der Waals surface area contributed by atoms with Crippen LogP contribution in [0.25, 0.3) is 0 Å². The Bertz CT molecular complexity index is 1330. The molecule has 0 aliphatic rings. The number of anilines is 2. The number of carbonyl (C=O) groups is 2. The lowest BCUT2D eigenvalue weighted by Gasteiger charge is -2.19. The van der Waals surface area contributed by atoms with E-state index in [-0.39, 0.29) is 16.8 Å². The molecule has 0 heterocycles. The number of nitro groups is 1. The second-order valence-corrected chi connectivity index (χ2v) is 8.62. The molecule has 0 spiro atoms. The first kappa shape index (κ1) is 25.1. The van der Waals surface area contributed by atoms with Crippen molar-refractivity contribution in [3.63, 3.8) is 0 Å². The third-order valence-electron chi connectivity index (χ3n) is 5.83. The van der Waals surface area contributed by atoms with Gasteiger partial charge in [-0.05, 0) is 72.9 Å². The second-order valence-electron chi connectivity index (χ2n) is 8.62. The van der Waals surface area contributed by atoms with Crippen LogP contribution in [-0.2, 0) is 0 Å². The van der Waals surface area contributed by atoms with Gasteiger partial charge in [-0.2, -0.15) is 5.26 Å². The van der Waals surface area contributed by atoms with Crippen LogP contribution in [0.15, 0.2) is 54.6 Å². The van der Waals surface area contributed by atoms with Crippen LogP contribution in [0.3, 0.4) is 0 Å². The van der Waals surface area contributed by atoms with E-state index in [4.69, 9.17) is 5.26 Å². The molecule has 2 amide bonds. The van der Waals surface area contributed by atoms with Crippen LogP contribution in [0.5, 0.6) is 0 Å². The molecule has 1 N–H and O–H groups in total. The number of nitrogens with one attached hydrogen (secondary N) is 1. The Morgan fingerprint density at radius 1 is 1.06 bits per heavy atom. The molecule has 8 heteroatoms. The minimum absolute atomic E-state index is 0.0133. The zero-order chi connectivity index (χ0) is 25.9. The zero-order valence-corrected chi connectivity index (χ0v) is 20.2. The molecule has 3 rings (SSSR count). The van der Waals surface area contributed by atoms with E-state index in [1.807, 2.05) is 32.0 Å². The summed E-state index contributed by atoms with van der Waals surface area (Å²) >= 11 is 0. The summed E-state index contributed by atoms with van der Waals surface area (Å²) < 4.78 is 0. The second kappa shape index (κ2) is 10.2. The van der Waals surface area contributed by atoms with E-state index in [0.717, 1.165) is 21.6 Å². The fraction of sp³-hybridized carbons (Fsp3) is 0.222. The standard InChI is InChI=1S/C27H26N4O4/c1-16(2)21-13-17(3)24(18(4)14-21)29-26(32)22-7-6-8-23(25(22)31(34)35)30(5)27(33)20-11-9-19(15-28)10-12-20/h6-14,16H,1-5H3,(H,29,32). The van der Waals surface area contributed by atoms with Crippen LogP contribution in [0.2, 0.25) is 0 Å². The van der Waals surface area contributed by atoms with E-state index < -0.39 is 22.4 Å². The molecule has 0 unspecified atom stereocenters. The first-order valence-corrected chi connectivity index (χ1v) is 11.0. The number of hydrogen-bond donors (Lipinski definition) is 1. The highest BCUT2D eigenvalue weighted by atomic mass is 16.6. The quantitative estimate of drug-likeness (QED) is 0.364. The van der Waals surface area contributed by atoms with Crippen molar-refractivity contribution in [1.82, 2.24) is 0 Å². The maximum Gasteiger partial charge on any atom is 0.305 e. The summed E-state index contributed by atoms with van der Waals surface area (Å²) in [4.78, 5) is 38.7. The van der Waals surface area contributed by atoms with E-state index >= 15 is 0 Å². The van der Waals surface area contributed by atoms with Crippen LogP contribution in [-0.4, -0.2) is 23.8 Å². The van der Waals surface area contributed by atoms with E-state index in [0.29, 0.717) is 17.2 Å². The van der Waals surface area contributed by atoms with Crippen molar-refractivity contribution in [2.75, 3.05) is 17.3 Å². The van der Waals surface area contributed by atoms with Gasteiger partial charge >= 0.3 is 5.69 Å². The van der Waals surface area contributed by atoms with Crippen molar-refractivity contribution in [1.29, 1.82) is 5.26 Å². The normalized spacial score (nSPS) is 10.5. The Labute approximate surface area is 204 Å². The lowest BCUT2D eigenvalue weighted by atomic mass is 9.96. The highest BCUT2D eigenvalue weighted by Gasteiger charge is 2.29. The van der Waals surface area contributed by atoms with Gasteiger partial charge in [-0.1, -0.05) is 32.0 Å². The van der Waals surface area contributed by atoms with Gasteiger partial charge in [0, 0.05) is 18.3 Å². The number of carbonyl (C=O) groups excluding carboxylic acids is 2. The van der Waals surface area contributed by atoms with Crippen LogP contribution in [0.1, 0.15) is 62.7 Å². The summed E-state index contributed by atoms with van der Waals surface area (Å²) in [5.41, 5.74) is 3.45. The summed E-state index contributed by atoms with van der Waals surface area (Å²) in [5.74, 6) is -0.827. The van der Waals surface area contributed by atoms with E-state index in [2.05, 4.69) is 19.2 Å². The lowest BCUT2D eigenvalue weighted by Crippen LogP contribution is -2.28. The Morgan fingerprint density at radius 2 is 1.66 bits per heavy atom. The molecule has 0 saturated carbocycles. The van der Waals surface area contributed by atoms with Crippen molar-refractivity contribution >= 4 is 28.9 Å². The highest BCUT2D eigenvalue weighted by molar-refractivity contribution is 6.12. The van der Waals surface area contributed by atoms with Crippen LogP contribution in [0.4, 0.5) is 17.1 Å². The minimum atomic E-state index is -0.658. The van der Waals surface area contributed by atoms with Gasteiger partial charge in [0.1, 0.15) is 11.3 Å². The van der Waals surface area contributed by atoms with Crippen LogP contribution >= 0.6 is 0 Å². The molecular weight excluding hydrogens is 444 g/mol. The number of hydrogen-bond acceptors (Lipinski definition) is 5. The molecule has 0 atom stereocenters. The monoisotopic (exact) mass is 470 g/mol. The maximum absolute atomic E-state index is 13.2. The van der Waals surface area contributed by atoms with E-state index in [9.17, 15) is 19.7 Å². The topological polar surface area (TPSA) is 116 Å². The van der Waals surface area contributed by atoms with Crippen LogP contribution < -0.4 is 10.2 Å². The first-order valence-electron chi connectivity index (χ1n) is 11.0. The Morgan fingerprint density at radius 3 is 2.17 bits per heavy atom. The van der Waals surface area contributed by atoms with Crippen LogP contribution in [0, 0.1) is 35.3 Å². The van der Waals surface area contributed by atoms with Crippen molar-refractivity contribution in [3.8, 4) is 6.07 Å². The molecule has 0 radical (unpaired) electrons. The maximum atomic E-state index is 13.2. The first-order chi connectivity index (χ1) is 16.5. The summed E-state index contributed by atoms with van der Waals surface area (Å²) in [5, 5.41) is 23.8. The van der Waals surface area contributed by atoms with Gasteiger partial charge < -0.3 is 10.2 Å². The van der Waals surface area contributed by atoms with Gasteiger partial charge in [0.25, 0.3) is 11.8 Å². The number of amides is 2. The average molecular weight is 471 g/mol. The molecule has 0 aliphatic carbocycles. The molecule has 178 valence electrons. The number of rotatable bonds is 6. The predicted octanol–water partition coefficient (Wildman–Crippen LogP) is 5.74. The molecule has 0 aliphatic heterocycles. The predicted molar refractivity (Wildman–Crippen MR) is 135 cm³/mol. The molecule has 0 aromatic heterocycles. The largest absolute Gasteiger partial charge is 0.321 e. The lowest BCUT2D eigenvalue weighted by molar-refractivity contribution is -0.384. The minimum Gasteiger partial charge on any atom is -0.321 e. The molecule has 3 aromatic rings. The number of nitro benzene ring substituents is 1. The molecule has 0 fully saturated rings. The fourth-order valence-corrected chi connectivity index (χ4v) is 3.88. The number of nitrogens with zero attached hydrogens (tertiary/aromatic N) is 3. The molecule has 8 nitrogen and oxygen atoms in total. The average Bonchev–Trinajstić information content (AvgIpc) is 2.84. The molecule has 3 aromatic carbocycles. The smallest absolute Gasteiger partial charge is 0.305 e. The molecule has 35 heavy (non-hydrogen) atoms. The van der Waals surface area contributed by atoms with Crippen molar-refractivity contribution in [2.24, 2.45) is 0 Å². The number of benzene rings is 3. The van der Waals surface area contributed by atoms with Gasteiger partial charge in [-0.15, -0.1) is 0 Å². The summed E-state index contributed by atoms with van der Waals surface area (Å²) in [6, 6.07) is 16.2. The van der Waals surface area contributed by atoms with Gasteiger partial charge in [-0.3, -0.25) is 19.7 Å². The van der Waals surface area contributed by atoms with Gasteiger partial charge in [0.15, 0.2) is 0 Å². The molecule has 0 saturated heterocycles. The van der Waals surface area contributed by atoms with Gasteiger partial charge in [0.05, 0.1) is 16.6 Å². The third-order valence-corrected chi connectivity index (χ3v) is 5.83. The number of para-hydroxylation sites is 1. The van der Waals surface area contributed by atoms with E-state index in [1.165, 1.54) is 49.5 Å². The van der Waals surface area contributed by atoms with Crippen molar-refractivity contribution in [2.45, 2.75) is 33.6 Å². The summed E-state index contributed by atoms with van der Waals surface area (Å²) in [6.07, 6.45) is 0. The number of aryl methyl sites for hydroxylation is 2. The zero-order valence-electron chi connectivity index (χ0n) is 20.2. The number of nitriles is 1. The highest BCUT2D eigenvalue weighted by Crippen LogP contribution is 2.33. The third kappa shape index (κ3) is 5.20. The van der Waals surface area contributed by atoms with Gasteiger partial charge in [0.2, 0.25) is 0 Å². The Balaban J connectivity index is 1.99.